The minimum absolute atomic E-state index is 0.0284. The fourth-order valence-electron chi connectivity index (χ4n) is 2.42. The molecular weight excluding hydrogens is 292 g/mol. The molecule has 7 nitrogen and oxygen atoms in total. The van der Waals surface area contributed by atoms with E-state index in [9.17, 15) is 4.79 Å². The van der Waals surface area contributed by atoms with Crippen molar-refractivity contribution in [2.75, 3.05) is 37.9 Å². The second-order valence-electron chi connectivity index (χ2n) is 5.33. The summed E-state index contributed by atoms with van der Waals surface area (Å²) in [4.78, 5) is 14.4. The quantitative estimate of drug-likeness (QED) is 0.832. The van der Waals surface area contributed by atoms with E-state index in [0.717, 1.165) is 5.00 Å². The number of anilines is 2. The lowest BCUT2D eigenvalue weighted by molar-refractivity contribution is -0.00461. The second-order valence-corrected chi connectivity index (χ2v) is 6.08. The third-order valence-electron chi connectivity index (χ3n) is 3.46. The van der Waals surface area contributed by atoms with Gasteiger partial charge in [-0.25, -0.2) is 0 Å². The highest BCUT2D eigenvalue weighted by Crippen LogP contribution is 2.34. The van der Waals surface area contributed by atoms with Gasteiger partial charge in [0.15, 0.2) is 5.82 Å². The Kier molecular flexibility index (Phi) is 5.02. The van der Waals surface area contributed by atoms with E-state index in [0.29, 0.717) is 18.7 Å². The van der Waals surface area contributed by atoms with Crippen LogP contribution in [0.4, 0.5) is 10.8 Å². The summed E-state index contributed by atoms with van der Waals surface area (Å²) in [6, 6.07) is 0.0432. The first-order valence-electron chi connectivity index (χ1n) is 6.84. The van der Waals surface area contributed by atoms with Crippen LogP contribution in [-0.4, -0.2) is 55.8 Å². The van der Waals surface area contributed by atoms with E-state index in [-0.39, 0.29) is 30.0 Å². The number of nitrogens with zero attached hydrogens (tertiary/aromatic N) is 2. The summed E-state index contributed by atoms with van der Waals surface area (Å²) in [6.45, 7) is 5.12. The van der Waals surface area contributed by atoms with Crippen LogP contribution in [0.25, 0.3) is 0 Å². The molecule has 1 aliphatic heterocycles. The van der Waals surface area contributed by atoms with E-state index in [1.807, 2.05) is 18.7 Å². The van der Waals surface area contributed by atoms with E-state index in [4.69, 9.17) is 15.2 Å². The van der Waals surface area contributed by atoms with Crippen LogP contribution in [0.2, 0.25) is 0 Å². The lowest BCUT2D eigenvalue weighted by atomic mass is 10.2. The van der Waals surface area contributed by atoms with Crippen LogP contribution >= 0.6 is 11.5 Å². The maximum Gasteiger partial charge on any atom is 0.258 e. The van der Waals surface area contributed by atoms with Crippen molar-refractivity contribution in [1.29, 1.82) is 0 Å². The van der Waals surface area contributed by atoms with Crippen molar-refractivity contribution >= 4 is 28.3 Å². The highest BCUT2D eigenvalue weighted by Gasteiger charge is 2.36. The smallest absolute Gasteiger partial charge is 0.258 e. The van der Waals surface area contributed by atoms with Gasteiger partial charge in [-0.15, -0.1) is 0 Å². The number of carbonyl (C=O) groups excluding carboxylic acids is 1. The number of hydrogen-bond acceptors (Lipinski definition) is 7. The molecule has 8 heteroatoms. The van der Waals surface area contributed by atoms with E-state index in [2.05, 4.69) is 9.69 Å². The fraction of sp³-hybridized carbons (Fsp3) is 0.692. The largest absolute Gasteiger partial charge is 0.382 e. The molecule has 118 valence electrons. The first-order chi connectivity index (χ1) is 9.97. The summed E-state index contributed by atoms with van der Waals surface area (Å²) in [5, 5.41) is 3.63. The molecular formula is C13H22N4O3S. The summed E-state index contributed by atoms with van der Waals surface area (Å²) in [6.07, 6.45) is -0.0568. The Bertz CT molecular complexity index is 494. The van der Waals surface area contributed by atoms with Crippen molar-refractivity contribution in [3.8, 4) is 0 Å². The molecule has 0 bridgehead atoms. The Hall–Kier alpha value is -1.38. The monoisotopic (exact) mass is 314 g/mol. The summed E-state index contributed by atoms with van der Waals surface area (Å²) >= 11 is 1.23. The zero-order chi connectivity index (χ0) is 15.6. The molecule has 0 saturated carbocycles. The van der Waals surface area contributed by atoms with Gasteiger partial charge in [-0.05, 0) is 25.4 Å². The number of methoxy groups -OCH3 is 2. The minimum atomic E-state index is -0.193. The van der Waals surface area contributed by atoms with Crippen molar-refractivity contribution in [2.24, 2.45) is 0 Å². The molecule has 2 rings (SSSR count). The van der Waals surface area contributed by atoms with Gasteiger partial charge in [0.05, 0.1) is 0 Å². The Morgan fingerprint density at radius 3 is 2.43 bits per heavy atom. The SMILES string of the molecule is COC1CN(c2snc(N)c2C(=O)NC(C)C)CC1OC. The first kappa shape index (κ1) is 16.0. The molecule has 2 heterocycles. The Balaban J connectivity index is 2.23. The average Bonchev–Trinajstić information content (AvgIpc) is 3.00. The van der Waals surface area contributed by atoms with Gasteiger partial charge in [-0.3, -0.25) is 4.79 Å². The number of hydrogen-bond donors (Lipinski definition) is 2. The first-order valence-corrected chi connectivity index (χ1v) is 7.61. The van der Waals surface area contributed by atoms with Crippen molar-refractivity contribution in [3.63, 3.8) is 0 Å². The molecule has 0 radical (unpaired) electrons. The van der Waals surface area contributed by atoms with Crippen LogP contribution < -0.4 is 16.0 Å². The number of nitrogens with one attached hydrogen (secondary N) is 1. The van der Waals surface area contributed by atoms with Crippen LogP contribution in [0, 0.1) is 0 Å². The number of rotatable bonds is 5. The fourth-order valence-corrected chi connectivity index (χ4v) is 3.25. The Morgan fingerprint density at radius 2 is 1.95 bits per heavy atom. The molecule has 1 aromatic heterocycles. The summed E-state index contributed by atoms with van der Waals surface area (Å²) in [5.41, 5.74) is 6.31. The van der Waals surface area contributed by atoms with Crippen LogP contribution in [-0.2, 0) is 9.47 Å². The Morgan fingerprint density at radius 1 is 1.38 bits per heavy atom. The third kappa shape index (κ3) is 3.28. The molecule has 0 spiro atoms. The number of carbonyl (C=O) groups is 1. The van der Waals surface area contributed by atoms with Crippen LogP contribution in [0.15, 0.2) is 0 Å². The number of nitrogen functional groups attached to an aromatic ring is 1. The number of nitrogens with two attached hydrogens (primary N) is 1. The van der Waals surface area contributed by atoms with E-state index < -0.39 is 0 Å². The highest BCUT2D eigenvalue weighted by atomic mass is 32.1. The molecule has 2 unspecified atom stereocenters. The molecule has 1 fully saturated rings. The average molecular weight is 314 g/mol. The van der Waals surface area contributed by atoms with Gasteiger partial charge in [0.25, 0.3) is 5.91 Å². The number of ether oxygens (including phenoxy) is 2. The third-order valence-corrected chi connectivity index (χ3v) is 4.38. The van der Waals surface area contributed by atoms with Crippen molar-refractivity contribution in [1.82, 2.24) is 9.69 Å². The molecule has 2 atom stereocenters. The molecule has 1 aliphatic rings. The second kappa shape index (κ2) is 6.59. The maximum absolute atomic E-state index is 12.3. The number of aromatic nitrogens is 1. The molecule has 3 N–H and O–H groups in total. The van der Waals surface area contributed by atoms with Gasteiger partial charge in [0, 0.05) is 33.4 Å². The highest BCUT2D eigenvalue weighted by molar-refractivity contribution is 7.11. The lowest BCUT2D eigenvalue weighted by Crippen LogP contribution is -2.32. The Labute approximate surface area is 128 Å². The van der Waals surface area contributed by atoms with Crippen LogP contribution in [0.3, 0.4) is 0 Å². The predicted molar refractivity (Wildman–Crippen MR) is 82.9 cm³/mol. The molecule has 21 heavy (non-hydrogen) atoms. The normalized spacial score (nSPS) is 22.0. The molecule has 1 saturated heterocycles. The molecule has 0 aromatic carbocycles. The summed E-state index contributed by atoms with van der Waals surface area (Å²) in [5.74, 6) is 0.0732. The van der Waals surface area contributed by atoms with E-state index in [1.165, 1.54) is 11.5 Å². The molecule has 0 aliphatic carbocycles. The standard InChI is InChI=1S/C13H22N4O3S/c1-7(2)15-12(18)10-11(14)16-21-13(10)17-5-8(19-3)9(6-17)20-4/h7-9H,5-6H2,1-4H3,(H2,14,16)(H,15,18). The van der Waals surface area contributed by atoms with Crippen molar-refractivity contribution < 1.29 is 14.3 Å². The van der Waals surface area contributed by atoms with E-state index in [1.54, 1.807) is 14.2 Å². The molecule has 1 amide bonds. The van der Waals surface area contributed by atoms with Gasteiger partial charge in [0.2, 0.25) is 0 Å². The van der Waals surface area contributed by atoms with Crippen LogP contribution in [0.1, 0.15) is 24.2 Å². The predicted octanol–water partition coefficient (Wildman–Crippen LogP) is 0.713. The van der Waals surface area contributed by atoms with Crippen LogP contribution in [0.5, 0.6) is 0 Å². The topological polar surface area (TPSA) is 89.7 Å². The van der Waals surface area contributed by atoms with Gasteiger partial charge >= 0.3 is 0 Å². The summed E-state index contributed by atoms with van der Waals surface area (Å²) in [7, 11) is 3.32. The number of amides is 1. The van der Waals surface area contributed by atoms with Gasteiger partial charge in [0.1, 0.15) is 22.8 Å². The molecule has 1 aromatic rings. The minimum Gasteiger partial charge on any atom is -0.382 e. The summed E-state index contributed by atoms with van der Waals surface area (Å²) < 4.78 is 15.0. The van der Waals surface area contributed by atoms with Gasteiger partial charge in [-0.2, -0.15) is 4.37 Å². The van der Waals surface area contributed by atoms with Crippen molar-refractivity contribution in [2.45, 2.75) is 32.1 Å². The van der Waals surface area contributed by atoms with E-state index >= 15 is 0 Å². The van der Waals surface area contributed by atoms with Gasteiger partial charge < -0.3 is 25.4 Å². The van der Waals surface area contributed by atoms with Crippen molar-refractivity contribution in [3.05, 3.63) is 5.56 Å². The van der Waals surface area contributed by atoms with Gasteiger partial charge in [-0.1, -0.05) is 0 Å². The zero-order valence-corrected chi connectivity index (χ0v) is 13.6. The lowest BCUT2D eigenvalue weighted by Gasteiger charge is -2.17. The maximum atomic E-state index is 12.3. The zero-order valence-electron chi connectivity index (χ0n) is 12.8.